The molecule has 0 saturated carbocycles. The van der Waals surface area contributed by atoms with Crippen LogP contribution in [0.3, 0.4) is 0 Å². The molecule has 0 spiro atoms. The molecule has 1 saturated heterocycles. The number of benzene rings is 1. The van der Waals surface area contributed by atoms with Crippen LogP contribution in [0.5, 0.6) is 5.75 Å². The maximum absolute atomic E-state index is 12.4. The van der Waals surface area contributed by atoms with E-state index in [4.69, 9.17) is 27.9 Å². The molecule has 1 heterocycles. The Balaban J connectivity index is 2.02. The zero-order valence-electron chi connectivity index (χ0n) is 13.1. The van der Waals surface area contributed by atoms with Crippen molar-refractivity contribution >= 4 is 35.0 Å². The summed E-state index contributed by atoms with van der Waals surface area (Å²) in [6, 6.07) is 2.55. The molecule has 0 aliphatic carbocycles. The highest BCUT2D eigenvalue weighted by Gasteiger charge is 2.43. The summed E-state index contributed by atoms with van der Waals surface area (Å²) in [6.45, 7) is -0.187. The normalized spacial score (nSPS) is 15.8. The highest BCUT2D eigenvalue weighted by atomic mass is 35.5. The fraction of sp³-hybridized carbons (Fsp3) is 0.467. The van der Waals surface area contributed by atoms with Gasteiger partial charge in [-0.15, -0.1) is 0 Å². The summed E-state index contributed by atoms with van der Waals surface area (Å²) in [6.07, 6.45) is -4.49. The van der Waals surface area contributed by atoms with E-state index in [-0.39, 0.29) is 53.3 Å². The number of hydrogen-bond acceptors (Lipinski definition) is 3. The summed E-state index contributed by atoms with van der Waals surface area (Å²) < 4.78 is 42.4. The quantitative estimate of drug-likeness (QED) is 0.849. The molecule has 10 heteroatoms. The number of ether oxygens (including phenoxy) is 1. The minimum absolute atomic E-state index is 0.0606. The minimum Gasteiger partial charge on any atom is -0.494 e. The number of hydrogen-bond donors (Lipinski definition) is 1. The van der Waals surface area contributed by atoms with Crippen LogP contribution in [0.25, 0.3) is 0 Å². The second-order valence-corrected chi connectivity index (χ2v) is 6.29. The second-order valence-electron chi connectivity index (χ2n) is 5.48. The van der Waals surface area contributed by atoms with Crippen molar-refractivity contribution in [2.24, 2.45) is 0 Å². The number of halogens is 5. The van der Waals surface area contributed by atoms with Gasteiger partial charge in [-0.1, -0.05) is 23.2 Å². The fourth-order valence-corrected chi connectivity index (χ4v) is 3.08. The number of likely N-dealkylation sites (tertiary alicyclic amines) is 1. The Morgan fingerprint density at radius 2 is 1.76 bits per heavy atom. The Labute approximate surface area is 152 Å². The lowest BCUT2D eigenvalue weighted by atomic mass is 10.0. The van der Waals surface area contributed by atoms with Crippen molar-refractivity contribution < 1.29 is 27.5 Å². The van der Waals surface area contributed by atoms with Crippen LogP contribution in [0.15, 0.2) is 12.1 Å². The summed E-state index contributed by atoms with van der Waals surface area (Å²) >= 11 is 12.0. The molecule has 0 unspecified atom stereocenters. The van der Waals surface area contributed by atoms with Crippen LogP contribution in [0.1, 0.15) is 23.2 Å². The van der Waals surface area contributed by atoms with E-state index < -0.39 is 18.0 Å². The first-order chi connectivity index (χ1) is 11.6. The third kappa shape index (κ3) is 4.49. The van der Waals surface area contributed by atoms with Crippen molar-refractivity contribution in [2.75, 3.05) is 20.2 Å². The Bertz CT molecular complexity index is 675. The highest BCUT2D eigenvalue weighted by molar-refractivity contribution is 6.37. The predicted octanol–water partition coefficient (Wildman–Crippen LogP) is 3.29. The molecular weight excluding hydrogens is 384 g/mol. The lowest BCUT2D eigenvalue weighted by Gasteiger charge is -2.32. The molecule has 1 N–H and O–H groups in total. The number of carbonyl (C=O) groups excluding carboxylic acids is 2. The van der Waals surface area contributed by atoms with Crippen LogP contribution in [0.4, 0.5) is 13.2 Å². The molecule has 25 heavy (non-hydrogen) atoms. The average Bonchev–Trinajstić information content (AvgIpc) is 2.55. The Morgan fingerprint density at radius 3 is 2.28 bits per heavy atom. The second kappa shape index (κ2) is 7.70. The summed E-state index contributed by atoms with van der Waals surface area (Å²) in [5.41, 5.74) is 0.0606. The standard InChI is InChI=1S/C15H15Cl2F3N2O3/c1-25-12-10(17)3-2-9(16)11(12)13(23)21-8-4-6-22(7-5-8)14(24)15(18,19)20/h2-3,8H,4-7H2,1H3,(H,21,23). The zero-order valence-corrected chi connectivity index (χ0v) is 14.6. The van der Waals surface area contributed by atoms with Gasteiger partial charge in [-0.05, 0) is 25.0 Å². The molecule has 1 aromatic carbocycles. The van der Waals surface area contributed by atoms with Gasteiger partial charge in [-0.3, -0.25) is 9.59 Å². The molecule has 138 valence electrons. The molecule has 0 atom stereocenters. The lowest BCUT2D eigenvalue weighted by molar-refractivity contribution is -0.186. The SMILES string of the molecule is COc1c(Cl)ccc(Cl)c1C(=O)NC1CCN(C(=O)C(F)(F)F)CC1. The third-order valence-electron chi connectivity index (χ3n) is 3.85. The number of piperidine rings is 1. The molecule has 0 aromatic heterocycles. The third-order valence-corrected chi connectivity index (χ3v) is 4.46. The monoisotopic (exact) mass is 398 g/mol. The molecular formula is C15H15Cl2F3N2O3. The minimum atomic E-state index is -4.89. The van der Waals surface area contributed by atoms with Gasteiger partial charge in [0.2, 0.25) is 0 Å². The lowest BCUT2D eigenvalue weighted by Crippen LogP contribution is -2.50. The van der Waals surface area contributed by atoms with E-state index in [0.717, 1.165) is 4.90 Å². The number of rotatable bonds is 3. The predicted molar refractivity (Wildman–Crippen MR) is 86.1 cm³/mol. The van der Waals surface area contributed by atoms with E-state index in [0.29, 0.717) is 0 Å². The van der Waals surface area contributed by atoms with E-state index in [1.807, 2.05) is 0 Å². The van der Waals surface area contributed by atoms with Crippen LogP contribution >= 0.6 is 23.2 Å². The van der Waals surface area contributed by atoms with E-state index in [2.05, 4.69) is 5.32 Å². The summed E-state index contributed by atoms with van der Waals surface area (Å²) in [5.74, 6) is -2.28. The number of methoxy groups -OCH3 is 1. The van der Waals surface area contributed by atoms with Crippen molar-refractivity contribution in [3.8, 4) is 5.75 Å². The molecule has 1 aliphatic heterocycles. The van der Waals surface area contributed by atoms with Crippen molar-refractivity contribution in [2.45, 2.75) is 25.1 Å². The van der Waals surface area contributed by atoms with Crippen molar-refractivity contribution in [3.63, 3.8) is 0 Å². The van der Waals surface area contributed by atoms with Crippen LogP contribution in [-0.4, -0.2) is 49.1 Å². The Hall–Kier alpha value is -1.67. The van der Waals surface area contributed by atoms with Crippen LogP contribution < -0.4 is 10.1 Å². The fourth-order valence-electron chi connectivity index (χ4n) is 2.61. The summed E-state index contributed by atoms with van der Waals surface area (Å²) in [7, 11) is 1.34. The maximum atomic E-state index is 12.4. The van der Waals surface area contributed by atoms with Crippen molar-refractivity contribution in [1.82, 2.24) is 10.2 Å². The van der Waals surface area contributed by atoms with Gasteiger partial charge in [0.25, 0.3) is 5.91 Å². The van der Waals surface area contributed by atoms with E-state index >= 15 is 0 Å². The van der Waals surface area contributed by atoms with E-state index in [1.54, 1.807) is 0 Å². The molecule has 2 rings (SSSR count). The molecule has 5 nitrogen and oxygen atoms in total. The number of alkyl halides is 3. The van der Waals surface area contributed by atoms with E-state index in [1.165, 1.54) is 19.2 Å². The molecule has 1 aliphatic rings. The van der Waals surface area contributed by atoms with Crippen LogP contribution in [0.2, 0.25) is 10.0 Å². The van der Waals surface area contributed by atoms with Gasteiger partial charge in [-0.2, -0.15) is 13.2 Å². The van der Waals surface area contributed by atoms with Gasteiger partial charge >= 0.3 is 12.1 Å². The Morgan fingerprint density at radius 1 is 1.20 bits per heavy atom. The number of nitrogens with zero attached hydrogens (tertiary/aromatic N) is 1. The highest BCUT2D eigenvalue weighted by Crippen LogP contribution is 2.34. The van der Waals surface area contributed by atoms with Gasteiger partial charge in [0.05, 0.1) is 17.2 Å². The molecule has 0 radical (unpaired) electrons. The first-order valence-corrected chi connectivity index (χ1v) is 8.09. The maximum Gasteiger partial charge on any atom is 0.471 e. The molecule has 1 fully saturated rings. The number of amides is 2. The zero-order chi connectivity index (χ0) is 18.8. The molecule has 2 amide bonds. The summed E-state index contributed by atoms with van der Waals surface area (Å²) in [4.78, 5) is 24.4. The first-order valence-electron chi connectivity index (χ1n) is 7.34. The van der Waals surface area contributed by atoms with Crippen LogP contribution in [-0.2, 0) is 4.79 Å². The summed E-state index contributed by atoms with van der Waals surface area (Å²) in [5, 5.41) is 3.05. The number of carbonyl (C=O) groups is 2. The van der Waals surface area contributed by atoms with Gasteiger partial charge < -0.3 is 15.0 Å². The van der Waals surface area contributed by atoms with Gasteiger partial charge in [0.1, 0.15) is 5.56 Å². The average molecular weight is 399 g/mol. The van der Waals surface area contributed by atoms with Crippen molar-refractivity contribution in [3.05, 3.63) is 27.7 Å². The smallest absolute Gasteiger partial charge is 0.471 e. The largest absolute Gasteiger partial charge is 0.494 e. The van der Waals surface area contributed by atoms with Crippen LogP contribution in [0, 0.1) is 0 Å². The van der Waals surface area contributed by atoms with Gasteiger partial charge in [0.15, 0.2) is 5.75 Å². The number of nitrogens with one attached hydrogen (secondary N) is 1. The van der Waals surface area contributed by atoms with E-state index in [9.17, 15) is 22.8 Å². The van der Waals surface area contributed by atoms with Crippen molar-refractivity contribution in [1.29, 1.82) is 0 Å². The Kier molecular flexibility index (Phi) is 6.05. The topological polar surface area (TPSA) is 58.6 Å². The molecule has 1 aromatic rings. The first kappa shape index (κ1) is 19.7. The molecule has 0 bridgehead atoms. The van der Waals surface area contributed by atoms with Gasteiger partial charge in [0, 0.05) is 19.1 Å². The van der Waals surface area contributed by atoms with Gasteiger partial charge in [-0.25, -0.2) is 0 Å².